The summed E-state index contributed by atoms with van der Waals surface area (Å²) in [6, 6.07) is 0. The second kappa shape index (κ2) is 7.84. The van der Waals surface area contributed by atoms with Gasteiger partial charge < -0.3 is 10.2 Å². The molecule has 32 heavy (non-hydrogen) atoms. The molecule has 0 aliphatic heterocycles. The van der Waals surface area contributed by atoms with Crippen LogP contribution in [-0.4, -0.2) is 21.9 Å². The van der Waals surface area contributed by atoms with Crippen LogP contribution in [0.5, 0.6) is 0 Å². The van der Waals surface area contributed by atoms with Gasteiger partial charge in [0, 0.05) is 0 Å². The largest absolute Gasteiger partial charge is 0.393 e. The highest BCUT2D eigenvalue weighted by Gasteiger charge is 2.66. The lowest BCUT2D eigenvalue weighted by Gasteiger charge is -2.64. The van der Waals surface area contributed by atoms with E-state index in [9.17, 15) is 10.2 Å². The Morgan fingerprint density at radius 1 is 1.00 bits per heavy atom. The van der Waals surface area contributed by atoms with Crippen molar-refractivity contribution in [1.29, 1.82) is 0 Å². The molecule has 0 bridgehead atoms. The molecule has 3 saturated carbocycles. The predicted octanol–water partition coefficient (Wildman–Crippen LogP) is 7.53. The lowest BCUT2D eigenvalue weighted by Crippen LogP contribution is -2.58. The predicted molar refractivity (Wildman–Crippen MR) is 134 cm³/mol. The molecule has 0 heterocycles. The molecule has 0 radical (unpaired) electrons. The fraction of sp³-hybridized carbons (Fsp3) is 0.933. The highest BCUT2D eigenvalue weighted by Crippen LogP contribution is 2.73. The average molecular weight is 445 g/mol. The molecule has 0 aromatic rings. The van der Waals surface area contributed by atoms with Crippen LogP contribution in [0.25, 0.3) is 0 Å². The van der Waals surface area contributed by atoms with Crippen LogP contribution in [0.1, 0.15) is 120 Å². The second-order valence-corrected chi connectivity index (χ2v) is 14.4. The van der Waals surface area contributed by atoms with Gasteiger partial charge in [0.05, 0.1) is 11.7 Å². The van der Waals surface area contributed by atoms with E-state index < -0.39 is 5.60 Å². The monoisotopic (exact) mass is 444 g/mol. The molecule has 2 nitrogen and oxygen atoms in total. The van der Waals surface area contributed by atoms with E-state index in [1.54, 1.807) is 5.57 Å². The van der Waals surface area contributed by atoms with Crippen LogP contribution < -0.4 is 0 Å². The first-order valence-corrected chi connectivity index (χ1v) is 13.8. The van der Waals surface area contributed by atoms with Crippen LogP contribution in [0.2, 0.25) is 0 Å². The Balaban J connectivity index is 1.64. The SMILES string of the molecule is CC(C)CCCC(C)(O)C1CCC2(C)C3CCC4C(C)(CCC(O)C4(C)C)C3=CCC12C. The third-order valence-corrected chi connectivity index (χ3v) is 12.0. The standard InChI is InChI=1S/C30H52O2/c1-20(2)10-9-16-30(8,32)24-14-19-28(6)22-11-12-23-26(3,4)25(31)15-17-27(23,5)21(22)13-18-29(24,28)7/h13,20,22-25,31-32H,9-12,14-19H2,1-8H3. The molecule has 8 unspecified atom stereocenters. The Kier molecular flexibility index (Phi) is 6.07. The van der Waals surface area contributed by atoms with Gasteiger partial charge in [-0.1, -0.05) is 73.0 Å². The van der Waals surface area contributed by atoms with Gasteiger partial charge in [0.25, 0.3) is 0 Å². The van der Waals surface area contributed by atoms with Crippen molar-refractivity contribution in [3.63, 3.8) is 0 Å². The van der Waals surface area contributed by atoms with Crippen molar-refractivity contribution in [3.05, 3.63) is 11.6 Å². The lowest BCUT2D eigenvalue weighted by molar-refractivity contribution is -0.129. The average Bonchev–Trinajstić information content (AvgIpc) is 2.97. The molecular weight excluding hydrogens is 392 g/mol. The van der Waals surface area contributed by atoms with E-state index >= 15 is 0 Å². The second-order valence-electron chi connectivity index (χ2n) is 14.4. The minimum absolute atomic E-state index is 0.00123. The van der Waals surface area contributed by atoms with Crippen LogP contribution in [0, 0.1) is 45.3 Å². The number of hydrogen-bond donors (Lipinski definition) is 2. The van der Waals surface area contributed by atoms with Gasteiger partial charge in [-0.3, -0.25) is 0 Å². The first kappa shape index (κ1) is 24.8. The summed E-state index contributed by atoms with van der Waals surface area (Å²) in [5, 5.41) is 22.5. The number of aliphatic hydroxyl groups excluding tert-OH is 1. The topological polar surface area (TPSA) is 40.5 Å². The number of hydrogen-bond acceptors (Lipinski definition) is 2. The van der Waals surface area contributed by atoms with Gasteiger partial charge in [-0.15, -0.1) is 0 Å². The summed E-state index contributed by atoms with van der Waals surface area (Å²) in [6.07, 6.45) is 13.9. The van der Waals surface area contributed by atoms with Crippen LogP contribution >= 0.6 is 0 Å². The van der Waals surface area contributed by atoms with Gasteiger partial charge in [0.15, 0.2) is 0 Å². The zero-order chi connectivity index (χ0) is 23.7. The summed E-state index contributed by atoms with van der Waals surface area (Å²) in [7, 11) is 0. The van der Waals surface area contributed by atoms with Crippen LogP contribution in [0.15, 0.2) is 11.6 Å². The zero-order valence-electron chi connectivity index (χ0n) is 22.4. The number of aliphatic hydroxyl groups is 2. The molecule has 4 aliphatic rings. The zero-order valence-corrected chi connectivity index (χ0v) is 22.4. The summed E-state index contributed by atoms with van der Waals surface area (Å²) < 4.78 is 0. The third-order valence-electron chi connectivity index (χ3n) is 12.0. The van der Waals surface area contributed by atoms with E-state index in [-0.39, 0.29) is 27.8 Å². The molecule has 8 atom stereocenters. The van der Waals surface area contributed by atoms with E-state index in [2.05, 4.69) is 61.5 Å². The molecule has 4 aliphatic carbocycles. The van der Waals surface area contributed by atoms with Crippen LogP contribution in [0.3, 0.4) is 0 Å². The van der Waals surface area contributed by atoms with Crippen molar-refractivity contribution in [1.82, 2.24) is 0 Å². The van der Waals surface area contributed by atoms with E-state index in [1.807, 2.05) is 0 Å². The van der Waals surface area contributed by atoms with Crippen molar-refractivity contribution < 1.29 is 10.2 Å². The summed E-state index contributed by atoms with van der Waals surface area (Å²) in [5.41, 5.74) is 1.85. The molecule has 0 aromatic heterocycles. The van der Waals surface area contributed by atoms with Gasteiger partial charge in [-0.2, -0.15) is 0 Å². The third kappa shape index (κ3) is 3.40. The highest BCUT2D eigenvalue weighted by molar-refractivity contribution is 5.33. The summed E-state index contributed by atoms with van der Waals surface area (Å²) in [6.45, 7) is 19.0. The quantitative estimate of drug-likeness (QED) is 0.430. The van der Waals surface area contributed by atoms with Crippen molar-refractivity contribution in [2.24, 2.45) is 45.3 Å². The van der Waals surface area contributed by atoms with Crippen molar-refractivity contribution >= 4 is 0 Å². The fourth-order valence-corrected chi connectivity index (χ4v) is 9.75. The maximum Gasteiger partial charge on any atom is 0.0653 e. The molecule has 0 aromatic carbocycles. The van der Waals surface area contributed by atoms with Gasteiger partial charge in [-0.05, 0) is 104 Å². The van der Waals surface area contributed by atoms with Crippen molar-refractivity contribution in [2.75, 3.05) is 0 Å². The Morgan fingerprint density at radius 3 is 2.34 bits per heavy atom. The maximum absolute atomic E-state index is 11.7. The van der Waals surface area contributed by atoms with E-state index in [0.717, 1.165) is 32.1 Å². The van der Waals surface area contributed by atoms with Crippen LogP contribution in [0.4, 0.5) is 0 Å². The summed E-state index contributed by atoms with van der Waals surface area (Å²) >= 11 is 0. The highest BCUT2D eigenvalue weighted by atomic mass is 16.3. The first-order chi connectivity index (χ1) is 14.7. The van der Waals surface area contributed by atoms with Crippen molar-refractivity contribution in [2.45, 2.75) is 131 Å². The minimum Gasteiger partial charge on any atom is -0.393 e. The summed E-state index contributed by atoms with van der Waals surface area (Å²) in [4.78, 5) is 0. The van der Waals surface area contributed by atoms with E-state index in [1.165, 1.54) is 32.1 Å². The Labute approximate surface area is 198 Å². The minimum atomic E-state index is -0.565. The molecular formula is C30H52O2. The van der Waals surface area contributed by atoms with Gasteiger partial charge in [0.1, 0.15) is 0 Å². The Bertz CT molecular complexity index is 748. The van der Waals surface area contributed by atoms with Crippen molar-refractivity contribution in [3.8, 4) is 0 Å². The van der Waals surface area contributed by atoms with E-state index in [0.29, 0.717) is 23.7 Å². The number of allylic oxidation sites excluding steroid dienone is 2. The Hall–Kier alpha value is -0.340. The van der Waals surface area contributed by atoms with Crippen LogP contribution in [-0.2, 0) is 0 Å². The molecule has 0 spiro atoms. The van der Waals surface area contributed by atoms with Gasteiger partial charge >= 0.3 is 0 Å². The summed E-state index contributed by atoms with van der Waals surface area (Å²) in [5.74, 6) is 2.32. The van der Waals surface area contributed by atoms with E-state index in [4.69, 9.17) is 0 Å². The van der Waals surface area contributed by atoms with Gasteiger partial charge in [0.2, 0.25) is 0 Å². The Morgan fingerprint density at radius 2 is 1.69 bits per heavy atom. The first-order valence-electron chi connectivity index (χ1n) is 13.8. The molecule has 0 saturated heterocycles. The lowest BCUT2D eigenvalue weighted by atomic mass is 9.41. The molecule has 3 fully saturated rings. The van der Waals surface area contributed by atoms with Gasteiger partial charge in [-0.25, -0.2) is 0 Å². The maximum atomic E-state index is 11.7. The number of fused-ring (bicyclic) bond motifs is 5. The molecule has 0 amide bonds. The molecule has 2 heteroatoms. The number of rotatable bonds is 5. The fourth-order valence-electron chi connectivity index (χ4n) is 9.75. The molecule has 4 rings (SSSR count). The molecule has 184 valence electrons. The molecule has 2 N–H and O–H groups in total. The smallest absolute Gasteiger partial charge is 0.0653 e. The normalized spacial score (nSPS) is 47.3.